The standard InChI is InChI=1S/C23H35N3O3/c1-16(21(27)24-19-8-9-19)25-12-14-26(15-13-25)22(28)17(2)29-20-10-6-18(7-11-20)23(3,4)5/h6-7,10-11,16-17,19H,8-9,12-15H2,1-5H3,(H,24,27). The lowest BCUT2D eigenvalue weighted by molar-refractivity contribution is -0.140. The van der Waals surface area contributed by atoms with Crippen LogP contribution in [0.1, 0.15) is 53.0 Å². The van der Waals surface area contributed by atoms with Crippen LogP contribution in [0.2, 0.25) is 0 Å². The van der Waals surface area contributed by atoms with E-state index >= 15 is 0 Å². The number of ether oxygens (including phenoxy) is 1. The van der Waals surface area contributed by atoms with Gasteiger partial charge in [-0.25, -0.2) is 0 Å². The van der Waals surface area contributed by atoms with Crippen molar-refractivity contribution in [1.29, 1.82) is 0 Å². The Kier molecular flexibility index (Phi) is 6.52. The minimum absolute atomic E-state index is 0.000340. The Morgan fingerprint density at radius 1 is 1.03 bits per heavy atom. The van der Waals surface area contributed by atoms with Gasteiger partial charge in [0.25, 0.3) is 5.91 Å². The van der Waals surface area contributed by atoms with Gasteiger partial charge < -0.3 is 15.0 Å². The molecule has 0 radical (unpaired) electrons. The molecule has 0 bridgehead atoms. The van der Waals surface area contributed by atoms with Gasteiger partial charge in [0.2, 0.25) is 5.91 Å². The fourth-order valence-electron chi connectivity index (χ4n) is 3.59. The van der Waals surface area contributed by atoms with Gasteiger partial charge in [-0.2, -0.15) is 0 Å². The number of benzene rings is 1. The Bertz CT molecular complexity index is 714. The maximum absolute atomic E-state index is 12.8. The molecule has 0 aromatic heterocycles. The summed E-state index contributed by atoms with van der Waals surface area (Å²) in [6, 6.07) is 8.20. The highest BCUT2D eigenvalue weighted by molar-refractivity contribution is 5.82. The van der Waals surface area contributed by atoms with Crippen molar-refractivity contribution in [2.75, 3.05) is 26.2 Å². The number of carbonyl (C=O) groups excluding carboxylic acids is 2. The van der Waals surface area contributed by atoms with E-state index < -0.39 is 6.10 Å². The van der Waals surface area contributed by atoms with Crippen LogP contribution in [0.25, 0.3) is 0 Å². The molecule has 3 rings (SSSR count). The lowest BCUT2D eigenvalue weighted by atomic mass is 9.87. The smallest absolute Gasteiger partial charge is 0.263 e. The molecular weight excluding hydrogens is 366 g/mol. The van der Waals surface area contributed by atoms with E-state index in [1.165, 1.54) is 5.56 Å². The fourth-order valence-corrected chi connectivity index (χ4v) is 3.59. The third kappa shape index (κ3) is 5.72. The highest BCUT2D eigenvalue weighted by Crippen LogP contribution is 2.25. The van der Waals surface area contributed by atoms with Crippen LogP contribution in [0.3, 0.4) is 0 Å². The van der Waals surface area contributed by atoms with Crippen LogP contribution in [-0.4, -0.2) is 66.0 Å². The first-order valence-corrected chi connectivity index (χ1v) is 10.8. The number of amides is 2. The van der Waals surface area contributed by atoms with Gasteiger partial charge in [-0.05, 0) is 49.8 Å². The number of piperazine rings is 1. The number of rotatable bonds is 6. The van der Waals surface area contributed by atoms with Crippen LogP contribution in [-0.2, 0) is 15.0 Å². The lowest BCUT2D eigenvalue weighted by Crippen LogP contribution is -2.56. The molecule has 2 aliphatic rings. The van der Waals surface area contributed by atoms with E-state index in [4.69, 9.17) is 4.74 Å². The van der Waals surface area contributed by atoms with Crippen molar-refractivity contribution >= 4 is 11.8 Å². The Labute approximate surface area is 174 Å². The first kappa shape index (κ1) is 21.6. The highest BCUT2D eigenvalue weighted by atomic mass is 16.5. The van der Waals surface area contributed by atoms with E-state index in [9.17, 15) is 9.59 Å². The second-order valence-corrected chi connectivity index (χ2v) is 9.35. The van der Waals surface area contributed by atoms with Gasteiger partial charge in [0, 0.05) is 32.2 Å². The molecule has 1 aromatic carbocycles. The molecule has 1 saturated carbocycles. The molecule has 1 aliphatic heterocycles. The summed E-state index contributed by atoms with van der Waals surface area (Å²) in [5.41, 5.74) is 1.33. The molecule has 1 saturated heterocycles. The van der Waals surface area contributed by atoms with E-state index in [2.05, 4.69) is 43.1 Å². The largest absolute Gasteiger partial charge is 0.481 e. The molecular formula is C23H35N3O3. The van der Waals surface area contributed by atoms with Gasteiger partial charge in [-0.1, -0.05) is 32.9 Å². The summed E-state index contributed by atoms with van der Waals surface area (Å²) in [7, 11) is 0. The zero-order valence-electron chi connectivity index (χ0n) is 18.4. The number of hydrogen-bond acceptors (Lipinski definition) is 4. The predicted molar refractivity (Wildman–Crippen MR) is 114 cm³/mol. The van der Waals surface area contributed by atoms with E-state index in [1.807, 2.05) is 24.0 Å². The Morgan fingerprint density at radius 2 is 1.62 bits per heavy atom. The first-order valence-electron chi connectivity index (χ1n) is 10.8. The van der Waals surface area contributed by atoms with Crippen molar-refractivity contribution in [3.8, 4) is 5.75 Å². The van der Waals surface area contributed by atoms with Gasteiger partial charge in [-0.15, -0.1) is 0 Å². The molecule has 2 amide bonds. The number of nitrogens with zero attached hydrogens (tertiary/aromatic N) is 2. The molecule has 160 valence electrons. The maximum Gasteiger partial charge on any atom is 0.263 e. The Morgan fingerprint density at radius 3 is 2.14 bits per heavy atom. The van der Waals surface area contributed by atoms with Crippen molar-refractivity contribution < 1.29 is 14.3 Å². The Hall–Kier alpha value is -2.08. The summed E-state index contributed by atoms with van der Waals surface area (Å²) < 4.78 is 5.89. The Balaban J connectivity index is 1.47. The van der Waals surface area contributed by atoms with Gasteiger partial charge in [-0.3, -0.25) is 14.5 Å². The quantitative estimate of drug-likeness (QED) is 0.796. The van der Waals surface area contributed by atoms with E-state index in [0.717, 1.165) is 12.8 Å². The SMILES string of the molecule is CC(Oc1ccc(C(C)(C)C)cc1)C(=O)N1CCN(C(C)C(=O)NC2CC2)CC1. The zero-order chi connectivity index (χ0) is 21.2. The molecule has 6 nitrogen and oxygen atoms in total. The van der Waals surface area contributed by atoms with Crippen molar-refractivity contribution in [3.63, 3.8) is 0 Å². The van der Waals surface area contributed by atoms with E-state index in [0.29, 0.717) is 38.0 Å². The summed E-state index contributed by atoms with van der Waals surface area (Å²) in [6.07, 6.45) is 1.66. The molecule has 6 heteroatoms. The van der Waals surface area contributed by atoms with Crippen molar-refractivity contribution in [2.24, 2.45) is 0 Å². The third-order valence-corrected chi connectivity index (χ3v) is 5.86. The van der Waals surface area contributed by atoms with Gasteiger partial charge in [0.15, 0.2) is 6.10 Å². The van der Waals surface area contributed by atoms with Gasteiger partial charge in [0.05, 0.1) is 6.04 Å². The van der Waals surface area contributed by atoms with Crippen LogP contribution in [0.15, 0.2) is 24.3 Å². The van der Waals surface area contributed by atoms with Gasteiger partial charge in [0.1, 0.15) is 5.75 Å². The van der Waals surface area contributed by atoms with Crippen molar-refractivity contribution in [1.82, 2.24) is 15.1 Å². The summed E-state index contributed by atoms with van der Waals surface area (Å²) >= 11 is 0. The molecule has 0 spiro atoms. The number of hydrogen-bond donors (Lipinski definition) is 1. The topological polar surface area (TPSA) is 61.9 Å². The van der Waals surface area contributed by atoms with Crippen LogP contribution in [0.4, 0.5) is 0 Å². The predicted octanol–water partition coefficient (Wildman–Crippen LogP) is 2.56. The summed E-state index contributed by atoms with van der Waals surface area (Å²) in [5.74, 6) is 0.810. The summed E-state index contributed by atoms with van der Waals surface area (Å²) in [5, 5.41) is 3.06. The molecule has 1 N–H and O–H groups in total. The van der Waals surface area contributed by atoms with Crippen molar-refractivity contribution in [3.05, 3.63) is 29.8 Å². The molecule has 2 atom stereocenters. The van der Waals surface area contributed by atoms with Crippen molar-refractivity contribution in [2.45, 2.75) is 71.1 Å². The van der Waals surface area contributed by atoms with Crippen LogP contribution in [0, 0.1) is 0 Å². The minimum Gasteiger partial charge on any atom is -0.481 e. The first-order chi connectivity index (χ1) is 13.6. The zero-order valence-corrected chi connectivity index (χ0v) is 18.4. The summed E-state index contributed by atoms with van der Waals surface area (Å²) in [6.45, 7) is 12.9. The highest BCUT2D eigenvalue weighted by Gasteiger charge is 2.32. The van der Waals surface area contributed by atoms with Gasteiger partial charge >= 0.3 is 0 Å². The molecule has 2 unspecified atom stereocenters. The normalized spacial score (nSPS) is 20.1. The van der Waals surface area contributed by atoms with Crippen LogP contribution < -0.4 is 10.1 Å². The van der Waals surface area contributed by atoms with Crippen LogP contribution >= 0.6 is 0 Å². The molecule has 1 aliphatic carbocycles. The monoisotopic (exact) mass is 401 g/mol. The van der Waals surface area contributed by atoms with E-state index in [-0.39, 0.29) is 23.3 Å². The average molecular weight is 402 g/mol. The average Bonchev–Trinajstić information content (AvgIpc) is 3.50. The third-order valence-electron chi connectivity index (χ3n) is 5.86. The minimum atomic E-state index is -0.530. The second kappa shape index (κ2) is 8.74. The molecule has 1 heterocycles. The molecule has 29 heavy (non-hydrogen) atoms. The fraction of sp³-hybridized carbons (Fsp3) is 0.652. The second-order valence-electron chi connectivity index (χ2n) is 9.35. The van der Waals surface area contributed by atoms with E-state index in [1.54, 1.807) is 6.92 Å². The number of carbonyl (C=O) groups is 2. The molecule has 1 aromatic rings. The lowest BCUT2D eigenvalue weighted by Gasteiger charge is -2.38. The van der Waals surface area contributed by atoms with Crippen LogP contribution in [0.5, 0.6) is 5.75 Å². The summed E-state index contributed by atoms with van der Waals surface area (Å²) in [4.78, 5) is 29.0. The molecule has 2 fully saturated rings. The maximum atomic E-state index is 12.8. The number of nitrogens with one attached hydrogen (secondary N) is 1.